The van der Waals surface area contributed by atoms with E-state index in [1.54, 1.807) is 0 Å². The van der Waals surface area contributed by atoms with Crippen molar-refractivity contribution in [1.29, 1.82) is 0 Å². The van der Waals surface area contributed by atoms with Gasteiger partial charge < -0.3 is 11.1 Å². The van der Waals surface area contributed by atoms with Crippen LogP contribution in [0.4, 0.5) is 5.82 Å². The standard InChI is InChI=1S/C17H24N4O/c1-17(2,3)14-11-15(19-16(22)9-10-18)21(20-14)12-13-7-5-4-6-8-13/h4-8,11H,9-10,12,18H2,1-3H3,(H,19,22). The van der Waals surface area contributed by atoms with Gasteiger partial charge in [0.25, 0.3) is 0 Å². The number of nitrogens with zero attached hydrogens (tertiary/aromatic N) is 2. The molecule has 0 saturated carbocycles. The first-order valence-corrected chi connectivity index (χ1v) is 7.52. The van der Waals surface area contributed by atoms with Crippen LogP contribution >= 0.6 is 0 Å². The number of carbonyl (C=O) groups is 1. The van der Waals surface area contributed by atoms with Crippen LogP contribution in [0.25, 0.3) is 0 Å². The number of aromatic nitrogens is 2. The van der Waals surface area contributed by atoms with Crippen molar-refractivity contribution in [3.63, 3.8) is 0 Å². The van der Waals surface area contributed by atoms with Crippen molar-refractivity contribution < 1.29 is 4.79 Å². The molecule has 0 radical (unpaired) electrons. The normalized spacial score (nSPS) is 11.5. The van der Waals surface area contributed by atoms with Gasteiger partial charge in [0.05, 0.1) is 12.2 Å². The SMILES string of the molecule is CC(C)(C)c1cc(NC(=O)CCN)n(Cc2ccccc2)n1. The fourth-order valence-electron chi connectivity index (χ4n) is 2.10. The zero-order chi connectivity index (χ0) is 16.2. The second-order valence-corrected chi connectivity index (χ2v) is 6.39. The predicted molar refractivity (Wildman–Crippen MR) is 88.8 cm³/mol. The van der Waals surface area contributed by atoms with E-state index in [0.717, 1.165) is 11.3 Å². The first kappa shape index (κ1) is 16.2. The van der Waals surface area contributed by atoms with E-state index in [9.17, 15) is 4.79 Å². The minimum absolute atomic E-state index is 0.0741. The highest BCUT2D eigenvalue weighted by molar-refractivity contribution is 5.90. The maximum absolute atomic E-state index is 11.8. The summed E-state index contributed by atoms with van der Waals surface area (Å²) >= 11 is 0. The molecule has 118 valence electrons. The Morgan fingerprint density at radius 3 is 2.55 bits per heavy atom. The quantitative estimate of drug-likeness (QED) is 0.891. The van der Waals surface area contributed by atoms with Crippen molar-refractivity contribution in [2.45, 2.75) is 39.2 Å². The van der Waals surface area contributed by atoms with Gasteiger partial charge in [0.15, 0.2) is 0 Å². The molecule has 2 aromatic rings. The molecular formula is C17H24N4O. The van der Waals surface area contributed by atoms with Gasteiger partial charge in [0.1, 0.15) is 5.82 Å². The third kappa shape index (κ3) is 4.18. The molecule has 5 heteroatoms. The highest BCUT2D eigenvalue weighted by Gasteiger charge is 2.20. The number of nitrogens with two attached hydrogens (primary N) is 1. The first-order chi connectivity index (χ1) is 10.4. The summed E-state index contributed by atoms with van der Waals surface area (Å²) in [7, 11) is 0. The van der Waals surface area contributed by atoms with E-state index in [-0.39, 0.29) is 11.3 Å². The van der Waals surface area contributed by atoms with Crippen LogP contribution in [0.3, 0.4) is 0 Å². The lowest BCUT2D eigenvalue weighted by atomic mass is 9.92. The highest BCUT2D eigenvalue weighted by Crippen LogP contribution is 2.24. The second-order valence-electron chi connectivity index (χ2n) is 6.39. The number of hydrogen-bond acceptors (Lipinski definition) is 3. The Labute approximate surface area is 131 Å². The molecule has 22 heavy (non-hydrogen) atoms. The number of carbonyl (C=O) groups excluding carboxylic acids is 1. The lowest BCUT2D eigenvalue weighted by Crippen LogP contribution is -2.19. The van der Waals surface area contributed by atoms with Gasteiger partial charge in [-0.15, -0.1) is 0 Å². The molecule has 0 aliphatic carbocycles. The summed E-state index contributed by atoms with van der Waals surface area (Å²) in [5.74, 6) is 0.629. The average molecular weight is 300 g/mol. The fourth-order valence-corrected chi connectivity index (χ4v) is 2.10. The summed E-state index contributed by atoms with van der Waals surface area (Å²) in [6.45, 7) is 7.27. The van der Waals surface area contributed by atoms with Gasteiger partial charge in [0.2, 0.25) is 5.91 Å². The summed E-state index contributed by atoms with van der Waals surface area (Å²) in [6, 6.07) is 12.0. The first-order valence-electron chi connectivity index (χ1n) is 7.52. The number of amides is 1. The molecule has 3 N–H and O–H groups in total. The van der Waals surface area contributed by atoms with Crippen LogP contribution in [0.15, 0.2) is 36.4 Å². The molecule has 2 rings (SSSR count). The Bertz CT molecular complexity index is 626. The van der Waals surface area contributed by atoms with E-state index in [0.29, 0.717) is 25.3 Å². The second kappa shape index (κ2) is 6.75. The number of benzene rings is 1. The minimum atomic E-state index is -0.0860. The van der Waals surface area contributed by atoms with Crippen LogP contribution < -0.4 is 11.1 Å². The maximum Gasteiger partial charge on any atom is 0.226 e. The smallest absolute Gasteiger partial charge is 0.226 e. The molecular weight excluding hydrogens is 276 g/mol. The summed E-state index contributed by atoms with van der Waals surface area (Å²) < 4.78 is 1.84. The van der Waals surface area contributed by atoms with E-state index in [2.05, 4.69) is 31.2 Å². The van der Waals surface area contributed by atoms with E-state index in [1.807, 2.05) is 41.1 Å². The molecule has 0 aliphatic heterocycles. The minimum Gasteiger partial charge on any atom is -0.330 e. The van der Waals surface area contributed by atoms with Crippen molar-refractivity contribution in [3.8, 4) is 0 Å². The topological polar surface area (TPSA) is 72.9 Å². The van der Waals surface area contributed by atoms with Crippen molar-refractivity contribution in [2.24, 2.45) is 5.73 Å². The number of anilines is 1. The average Bonchev–Trinajstić information content (AvgIpc) is 2.83. The van der Waals surface area contributed by atoms with Crippen LogP contribution in [0.2, 0.25) is 0 Å². The van der Waals surface area contributed by atoms with Crippen LogP contribution in [0, 0.1) is 0 Å². The van der Waals surface area contributed by atoms with Gasteiger partial charge in [-0.05, 0) is 5.56 Å². The van der Waals surface area contributed by atoms with Crippen LogP contribution in [0.1, 0.15) is 38.4 Å². The fraction of sp³-hybridized carbons (Fsp3) is 0.412. The zero-order valence-electron chi connectivity index (χ0n) is 13.5. The van der Waals surface area contributed by atoms with Gasteiger partial charge in [0, 0.05) is 24.4 Å². The maximum atomic E-state index is 11.8. The number of nitrogens with one attached hydrogen (secondary N) is 1. The molecule has 0 atom stereocenters. The van der Waals surface area contributed by atoms with Crippen molar-refractivity contribution in [2.75, 3.05) is 11.9 Å². The molecule has 0 bridgehead atoms. The molecule has 1 aromatic carbocycles. The van der Waals surface area contributed by atoms with Gasteiger partial charge in [-0.2, -0.15) is 5.10 Å². The van der Waals surface area contributed by atoms with Gasteiger partial charge in [-0.25, -0.2) is 4.68 Å². The Balaban J connectivity index is 2.29. The summed E-state index contributed by atoms with van der Waals surface area (Å²) in [4.78, 5) is 11.8. The summed E-state index contributed by atoms with van der Waals surface area (Å²) in [5.41, 5.74) is 7.45. The molecule has 1 heterocycles. The lowest BCUT2D eigenvalue weighted by molar-refractivity contribution is -0.116. The lowest BCUT2D eigenvalue weighted by Gasteiger charge is -2.14. The predicted octanol–water partition coefficient (Wildman–Crippen LogP) is 2.52. The molecule has 0 spiro atoms. The molecule has 0 saturated heterocycles. The van der Waals surface area contributed by atoms with E-state index < -0.39 is 0 Å². The number of rotatable bonds is 5. The third-order valence-corrected chi connectivity index (χ3v) is 3.36. The van der Waals surface area contributed by atoms with E-state index >= 15 is 0 Å². The molecule has 1 aromatic heterocycles. The molecule has 0 aliphatic rings. The van der Waals surface area contributed by atoms with E-state index in [4.69, 9.17) is 5.73 Å². The Morgan fingerprint density at radius 2 is 1.95 bits per heavy atom. The monoisotopic (exact) mass is 300 g/mol. The largest absolute Gasteiger partial charge is 0.330 e. The summed E-state index contributed by atoms with van der Waals surface area (Å²) in [5, 5.41) is 7.57. The van der Waals surface area contributed by atoms with Gasteiger partial charge >= 0.3 is 0 Å². The molecule has 1 amide bonds. The van der Waals surface area contributed by atoms with E-state index in [1.165, 1.54) is 0 Å². The van der Waals surface area contributed by atoms with Gasteiger partial charge in [-0.1, -0.05) is 51.1 Å². The third-order valence-electron chi connectivity index (χ3n) is 3.36. The van der Waals surface area contributed by atoms with Crippen LogP contribution in [-0.4, -0.2) is 22.2 Å². The summed E-state index contributed by atoms with van der Waals surface area (Å²) in [6.07, 6.45) is 0.307. The van der Waals surface area contributed by atoms with Gasteiger partial charge in [-0.3, -0.25) is 4.79 Å². The number of hydrogen-bond donors (Lipinski definition) is 2. The molecule has 5 nitrogen and oxygen atoms in total. The van der Waals surface area contributed by atoms with Crippen LogP contribution in [-0.2, 0) is 16.8 Å². The van der Waals surface area contributed by atoms with Crippen molar-refractivity contribution in [1.82, 2.24) is 9.78 Å². The van der Waals surface area contributed by atoms with Crippen molar-refractivity contribution in [3.05, 3.63) is 47.7 Å². The molecule has 0 unspecified atom stereocenters. The Kier molecular flexibility index (Phi) is 4.98. The zero-order valence-corrected chi connectivity index (χ0v) is 13.5. The van der Waals surface area contributed by atoms with Crippen LogP contribution in [0.5, 0.6) is 0 Å². The Hall–Kier alpha value is -2.14. The van der Waals surface area contributed by atoms with Crippen molar-refractivity contribution >= 4 is 11.7 Å². The highest BCUT2D eigenvalue weighted by atomic mass is 16.1. The molecule has 0 fully saturated rings. The Morgan fingerprint density at radius 1 is 1.27 bits per heavy atom.